The lowest BCUT2D eigenvalue weighted by Gasteiger charge is -2.40. The summed E-state index contributed by atoms with van der Waals surface area (Å²) < 4.78 is 36.4. The molecular formula is C53H70O6. The smallest absolute Gasteiger partial charge is 0.161 e. The Morgan fingerprint density at radius 2 is 0.932 bits per heavy atom. The van der Waals surface area contributed by atoms with Gasteiger partial charge in [0.25, 0.3) is 0 Å². The van der Waals surface area contributed by atoms with E-state index < -0.39 is 5.41 Å². The van der Waals surface area contributed by atoms with Gasteiger partial charge in [0.2, 0.25) is 0 Å². The number of ether oxygens (including phenoxy) is 6. The highest BCUT2D eigenvalue weighted by Gasteiger charge is 2.47. The summed E-state index contributed by atoms with van der Waals surface area (Å²) in [6, 6.07) is 27.7. The number of aryl methyl sites for hydroxylation is 4. The van der Waals surface area contributed by atoms with Crippen molar-refractivity contribution in [3.63, 3.8) is 0 Å². The molecule has 318 valence electrons. The van der Waals surface area contributed by atoms with Gasteiger partial charge in [-0.25, -0.2) is 0 Å². The molecule has 7 rings (SSSR count). The molecule has 1 aliphatic carbocycles. The van der Waals surface area contributed by atoms with Crippen LogP contribution in [0.25, 0.3) is 11.1 Å². The fourth-order valence-corrected chi connectivity index (χ4v) is 9.24. The molecule has 0 aromatic heterocycles. The van der Waals surface area contributed by atoms with Gasteiger partial charge in [-0.3, -0.25) is 0 Å². The minimum atomic E-state index is -0.512. The molecule has 2 fully saturated rings. The lowest BCUT2D eigenvalue weighted by molar-refractivity contribution is -0.150. The van der Waals surface area contributed by atoms with E-state index >= 15 is 0 Å². The predicted octanol–water partition coefficient (Wildman–Crippen LogP) is 12.0. The second-order valence-corrected chi connectivity index (χ2v) is 18.2. The van der Waals surface area contributed by atoms with Crippen molar-refractivity contribution in [2.75, 3.05) is 66.1 Å². The van der Waals surface area contributed by atoms with Gasteiger partial charge in [-0.1, -0.05) is 104 Å². The van der Waals surface area contributed by atoms with Crippen molar-refractivity contribution < 1.29 is 28.4 Å². The highest BCUT2D eigenvalue weighted by molar-refractivity contribution is 5.87. The third kappa shape index (κ3) is 9.62. The van der Waals surface area contributed by atoms with Crippen molar-refractivity contribution in [1.82, 2.24) is 0 Å². The Kier molecular flexibility index (Phi) is 14.6. The van der Waals surface area contributed by atoms with Crippen molar-refractivity contribution in [3.05, 3.63) is 117 Å². The molecule has 0 bridgehead atoms. The summed E-state index contributed by atoms with van der Waals surface area (Å²) in [5.41, 5.74) is 12.8. The molecule has 0 N–H and O–H groups in total. The molecule has 0 amide bonds. The summed E-state index contributed by atoms with van der Waals surface area (Å²) in [7, 11) is 0. The maximum Gasteiger partial charge on any atom is 0.161 e. The SMILES string of the molecule is CCC1(COCCCCCCOc2ccc(C3(c4cc(C)ccc4C)c4cc(C)ccc4-c4ccc(C)cc43)cc2OCCCCCCOCC2(CC)COC2)COC1. The highest BCUT2D eigenvalue weighted by Crippen LogP contribution is 2.58. The maximum absolute atomic E-state index is 6.78. The zero-order valence-corrected chi connectivity index (χ0v) is 37.0. The van der Waals surface area contributed by atoms with Crippen LogP contribution in [0.2, 0.25) is 0 Å². The first-order valence-corrected chi connectivity index (χ1v) is 22.7. The largest absolute Gasteiger partial charge is 0.490 e. The molecule has 0 spiro atoms. The molecule has 0 unspecified atom stereocenters. The fraction of sp³-hybridized carbons (Fsp3) is 0.547. The van der Waals surface area contributed by atoms with Crippen LogP contribution in [0, 0.1) is 38.5 Å². The minimum absolute atomic E-state index is 0.248. The second kappa shape index (κ2) is 19.8. The normalized spacial score (nSPS) is 16.8. The summed E-state index contributed by atoms with van der Waals surface area (Å²) >= 11 is 0. The number of hydrogen-bond acceptors (Lipinski definition) is 6. The van der Waals surface area contributed by atoms with Crippen molar-refractivity contribution in [2.45, 2.75) is 111 Å². The van der Waals surface area contributed by atoms with Crippen LogP contribution >= 0.6 is 0 Å². The molecule has 3 aliphatic rings. The number of unbranched alkanes of at least 4 members (excludes halogenated alkanes) is 6. The van der Waals surface area contributed by atoms with Gasteiger partial charge in [0.05, 0.1) is 58.3 Å². The lowest BCUT2D eigenvalue weighted by atomic mass is 9.66. The van der Waals surface area contributed by atoms with E-state index in [2.05, 4.69) is 114 Å². The van der Waals surface area contributed by atoms with Crippen molar-refractivity contribution in [2.24, 2.45) is 10.8 Å². The van der Waals surface area contributed by atoms with Crippen molar-refractivity contribution in [1.29, 1.82) is 0 Å². The third-order valence-electron chi connectivity index (χ3n) is 13.5. The topological polar surface area (TPSA) is 55.4 Å². The minimum Gasteiger partial charge on any atom is -0.490 e. The second-order valence-electron chi connectivity index (χ2n) is 18.2. The quantitative estimate of drug-likeness (QED) is 0.0579. The molecule has 4 aromatic rings. The van der Waals surface area contributed by atoms with Crippen molar-refractivity contribution in [3.8, 4) is 22.6 Å². The summed E-state index contributed by atoms with van der Waals surface area (Å²) in [5.74, 6) is 1.66. The Morgan fingerprint density at radius 1 is 0.475 bits per heavy atom. The molecule has 0 saturated carbocycles. The monoisotopic (exact) mass is 803 g/mol. The molecule has 6 nitrogen and oxygen atoms in total. The zero-order chi connectivity index (χ0) is 41.3. The molecule has 4 aromatic carbocycles. The highest BCUT2D eigenvalue weighted by atomic mass is 16.5. The van der Waals surface area contributed by atoms with Crippen LogP contribution in [0.4, 0.5) is 0 Å². The molecule has 0 atom stereocenters. The number of fused-ring (bicyclic) bond motifs is 3. The predicted molar refractivity (Wildman–Crippen MR) is 239 cm³/mol. The summed E-state index contributed by atoms with van der Waals surface area (Å²) in [5, 5.41) is 0. The summed E-state index contributed by atoms with van der Waals surface area (Å²) in [6.07, 6.45) is 10.8. The molecule has 59 heavy (non-hydrogen) atoms. The molecule has 2 saturated heterocycles. The Bertz CT molecular complexity index is 1930. The van der Waals surface area contributed by atoms with Gasteiger partial charge >= 0.3 is 0 Å². The maximum atomic E-state index is 6.78. The van der Waals surface area contributed by atoms with Crippen LogP contribution in [0.15, 0.2) is 72.8 Å². The lowest BCUT2D eigenvalue weighted by Crippen LogP contribution is -2.45. The number of hydrogen-bond donors (Lipinski definition) is 0. The summed E-state index contributed by atoms with van der Waals surface area (Å²) in [6.45, 7) is 21.3. The average Bonchev–Trinajstić information content (AvgIpc) is 3.48. The van der Waals surface area contributed by atoms with E-state index in [1.807, 2.05) is 0 Å². The van der Waals surface area contributed by atoms with E-state index in [1.54, 1.807) is 0 Å². The Morgan fingerprint density at radius 3 is 1.41 bits per heavy atom. The third-order valence-corrected chi connectivity index (χ3v) is 13.5. The van der Waals surface area contributed by atoms with Gasteiger partial charge in [0.1, 0.15) is 0 Å². The Hall–Kier alpha value is -3.68. The van der Waals surface area contributed by atoms with Gasteiger partial charge in [-0.05, 0) is 130 Å². The van der Waals surface area contributed by atoms with Crippen LogP contribution in [0.3, 0.4) is 0 Å². The first-order valence-electron chi connectivity index (χ1n) is 22.7. The Labute approximate surface area is 355 Å². The van der Waals surface area contributed by atoms with Crippen molar-refractivity contribution >= 4 is 0 Å². The van der Waals surface area contributed by atoms with Gasteiger partial charge in [0.15, 0.2) is 11.5 Å². The summed E-state index contributed by atoms with van der Waals surface area (Å²) in [4.78, 5) is 0. The van der Waals surface area contributed by atoms with E-state index in [0.717, 1.165) is 129 Å². The number of rotatable bonds is 24. The average molecular weight is 803 g/mol. The van der Waals surface area contributed by atoms with Crippen LogP contribution in [-0.2, 0) is 24.4 Å². The van der Waals surface area contributed by atoms with Gasteiger partial charge in [-0.2, -0.15) is 0 Å². The Balaban J connectivity index is 1.08. The van der Waals surface area contributed by atoms with E-state index in [-0.39, 0.29) is 10.8 Å². The van der Waals surface area contributed by atoms with Crippen LogP contribution in [-0.4, -0.2) is 66.1 Å². The standard InChI is InChI=1S/C53H70O6/c1-7-51(35-56-36-51)33-54-25-13-9-11-15-27-58-49-24-21-43(32-50(49)59-28-16-12-10-14-26-55-34-52(8-2)37-57-38-52)53(46-29-39(3)17-20-42(46)6)47-30-40(4)18-22-44(47)45-23-19-41(5)31-48(45)53/h17-24,29-32H,7-16,25-28,33-38H2,1-6H3. The van der Waals surface area contributed by atoms with E-state index in [9.17, 15) is 0 Å². The molecule has 2 aliphatic heterocycles. The van der Waals surface area contributed by atoms with Gasteiger partial charge in [0, 0.05) is 24.0 Å². The van der Waals surface area contributed by atoms with Gasteiger partial charge < -0.3 is 28.4 Å². The number of benzene rings is 4. The molecule has 6 heteroatoms. The molecule has 0 radical (unpaired) electrons. The van der Waals surface area contributed by atoms with Crippen LogP contribution in [0.1, 0.15) is 123 Å². The van der Waals surface area contributed by atoms with E-state index in [4.69, 9.17) is 28.4 Å². The zero-order valence-electron chi connectivity index (χ0n) is 37.0. The van der Waals surface area contributed by atoms with E-state index in [0.29, 0.717) is 13.2 Å². The molecule has 2 heterocycles. The van der Waals surface area contributed by atoms with Crippen LogP contribution in [0.5, 0.6) is 11.5 Å². The van der Waals surface area contributed by atoms with Crippen LogP contribution < -0.4 is 9.47 Å². The first-order chi connectivity index (χ1) is 28.7. The first kappa shape index (κ1) is 43.4. The van der Waals surface area contributed by atoms with Gasteiger partial charge in [-0.15, -0.1) is 0 Å². The molecular weight excluding hydrogens is 733 g/mol. The fourth-order valence-electron chi connectivity index (χ4n) is 9.24. The van der Waals surface area contributed by atoms with E-state index in [1.165, 1.54) is 55.6 Å².